The second-order valence-corrected chi connectivity index (χ2v) is 7.59. The van der Waals surface area contributed by atoms with Crippen LogP contribution < -0.4 is 5.32 Å². The first kappa shape index (κ1) is 16.3. The standard InChI is InChI=1S/C19H21N3O2S/c1-22-8-3-2-4-13(22)11-20-18-15-7-9-25-17(15)14-6-5-12(19(23)24)10-16(14)21-18/h5-7,9-10,13H,2-4,8,11H2,1H3,(H,20,21)(H,23,24). The fourth-order valence-electron chi connectivity index (χ4n) is 3.59. The number of nitrogens with zero attached hydrogens (tertiary/aromatic N) is 2. The third-order valence-corrected chi connectivity index (χ3v) is 6.02. The lowest BCUT2D eigenvalue weighted by atomic mass is 10.0. The molecule has 1 atom stereocenters. The maximum atomic E-state index is 11.3. The molecule has 2 N–H and O–H groups in total. The minimum Gasteiger partial charge on any atom is -0.478 e. The summed E-state index contributed by atoms with van der Waals surface area (Å²) in [5.74, 6) is -0.0708. The fourth-order valence-corrected chi connectivity index (χ4v) is 4.52. The number of rotatable bonds is 4. The predicted molar refractivity (Wildman–Crippen MR) is 103 cm³/mol. The van der Waals surface area contributed by atoms with Crippen LogP contribution in [0.4, 0.5) is 5.82 Å². The van der Waals surface area contributed by atoms with Crippen molar-refractivity contribution in [2.24, 2.45) is 0 Å². The minimum atomic E-state index is -0.923. The number of aromatic carboxylic acids is 1. The molecular weight excluding hydrogens is 334 g/mol. The number of hydrogen-bond donors (Lipinski definition) is 2. The Hall–Kier alpha value is -2.18. The van der Waals surface area contributed by atoms with Crippen molar-refractivity contribution in [3.8, 4) is 0 Å². The monoisotopic (exact) mass is 355 g/mol. The van der Waals surface area contributed by atoms with E-state index < -0.39 is 5.97 Å². The number of anilines is 1. The maximum absolute atomic E-state index is 11.3. The van der Waals surface area contributed by atoms with E-state index in [9.17, 15) is 9.90 Å². The highest BCUT2D eigenvalue weighted by Gasteiger charge is 2.19. The zero-order valence-corrected chi connectivity index (χ0v) is 15.0. The number of hydrogen-bond acceptors (Lipinski definition) is 5. The van der Waals surface area contributed by atoms with E-state index in [4.69, 9.17) is 4.98 Å². The first-order valence-corrected chi connectivity index (χ1v) is 9.50. The molecule has 1 aliphatic rings. The van der Waals surface area contributed by atoms with Gasteiger partial charge in [-0.1, -0.05) is 12.5 Å². The van der Waals surface area contributed by atoms with E-state index in [2.05, 4.69) is 28.7 Å². The van der Waals surface area contributed by atoms with E-state index in [0.717, 1.165) is 39.9 Å². The Kier molecular flexibility index (Phi) is 4.31. The van der Waals surface area contributed by atoms with Gasteiger partial charge in [-0.2, -0.15) is 0 Å². The number of benzene rings is 1. The molecule has 25 heavy (non-hydrogen) atoms. The Morgan fingerprint density at radius 3 is 3.04 bits per heavy atom. The summed E-state index contributed by atoms with van der Waals surface area (Å²) in [4.78, 5) is 18.4. The first-order valence-electron chi connectivity index (χ1n) is 8.62. The highest BCUT2D eigenvalue weighted by Crippen LogP contribution is 2.34. The molecule has 5 nitrogen and oxygen atoms in total. The molecule has 3 aromatic rings. The number of carbonyl (C=O) groups is 1. The van der Waals surface area contributed by atoms with Crippen LogP contribution in [0.1, 0.15) is 29.6 Å². The van der Waals surface area contributed by atoms with Crippen LogP contribution in [-0.4, -0.2) is 47.1 Å². The summed E-state index contributed by atoms with van der Waals surface area (Å²) in [7, 11) is 2.18. The molecule has 1 unspecified atom stereocenters. The number of aromatic nitrogens is 1. The van der Waals surface area contributed by atoms with Gasteiger partial charge in [0, 0.05) is 28.1 Å². The normalized spacial score (nSPS) is 18.7. The molecule has 0 saturated carbocycles. The molecule has 130 valence electrons. The van der Waals surface area contributed by atoms with E-state index in [1.54, 1.807) is 23.5 Å². The molecule has 1 fully saturated rings. The molecule has 0 spiro atoms. The van der Waals surface area contributed by atoms with Crippen LogP contribution in [0.2, 0.25) is 0 Å². The van der Waals surface area contributed by atoms with Crippen molar-refractivity contribution >= 4 is 44.1 Å². The van der Waals surface area contributed by atoms with Gasteiger partial charge >= 0.3 is 5.97 Å². The van der Waals surface area contributed by atoms with Gasteiger partial charge in [-0.15, -0.1) is 11.3 Å². The molecule has 0 bridgehead atoms. The van der Waals surface area contributed by atoms with Gasteiger partial charge in [-0.25, -0.2) is 9.78 Å². The van der Waals surface area contributed by atoms with E-state index in [1.165, 1.54) is 19.3 Å². The molecule has 1 aliphatic heterocycles. The lowest BCUT2D eigenvalue weighted by Gasteiger charge is -2.32. The zero-order valence-electron chi connectivity index (χ0n) is 14.2. The topological polar surface area (TPSA) is 65.5 Å². The summed E-state index contributed by atoms with van der Waals surface area (Å²) in [5, 5.41) is 16.9. The molecule has 0 amide bonds. The lowest BCUT2D eigenvalue weighted by Crippen LogP contribution is -2.40. The third-order valence-electron chi connectivity index (χ3n) is 5.07. The number of fused-ring (bicyclic) bond motifs is 3. The summed E-state index contributed by atoms with van der Waals surface area (Å²) in [6.07, 6.45) is 3.75. The number of carboxylic acid groups (broad SMARTS) is 1. The zero-order chi connectivity index (χ0) is 17.4. The number of likely N-dealkylation sites (tertiary alicyclic amines) is 1. The van der Waals surface area contributed by atoms with Crippen molar-refractivity contribution in [3.05, 3.63) is 35.2 Å². The van der Waals surface area contributed by atoms with E-state index >= 15 is 0 Å². The van der Waals surface area contributed by atoms with Gasteiger partial charge in [0.15, 0.2) is 0 Å². The van der Waals surface area contributed by atoms with Crippen molar-refractivity contribution in [1.29, 1.82) is 0 Å². The van der Waals surface area contributed by atoms with Crippen LogP contribution in [-0.2, 0) is 0 Å². The van der Waals surface area contributed by atoms with Gasteiger partial charge in [0.2, 0.25) is 0 Å². The van der Waals surface area contributed by atoms with Crippen molar-refractivity contribution in [3.63, 3.8) is 0 Å². The second-order valence-electron chi connectivity index (χ2n) is 6.67. The largest absolute Gasteiger partial charge is 0.478 e. The summed E-state index contributed by atoms with van der Waals surface area (Å²) in [5.41, 5.74) is 1.00. The van der Waals surface area contributed by atoms with Crippen LogP contribution in [0.5, 0.6) is 0 Å². The third kappa shape index (κ3) is 3.07. The Morgan fingerprint density at radius 2 is 2.24 bits per heavy atom. The summed E-state index contributed by atoms with van der Waals surface area (Å²) in [6, 6.07) is 7.78. The van der Waals surface area contributed by atoms with Crippen LogP contribution in [0, 0.1) is 0 Å². The summed E-state index contributed by atoms with van der Waals surface area (Å²) < 4.78 is 1.15. The molecule has 4 rings (SSSR count). The molecule has 1 saturated heterocycles. The number of thiophene rings is 1. The van der Waals surface area contributed by atoms with Gasteiger partial charge in [-0.05, 0) is 50.0 Å². The minimum absolute atomic E-state index is 0.272. The molecular formula is C19H21N3O2S. The smallest absolute Gasteiger partial charge is 0.335 e. The molecule has 0 radical (unpaired) electrons. The number of nitrogens with one attached hydrogen (secondary N) is 1. The highest BCUT2D eigenvalue weighted by atomic mass is 32.1. The Morgan fingerprint density at radius 1 is 1.36 bits per heavy atom. The van der Waals surface area contributed by atoms with Crippen molar-refractivity contribution in [1.82, 2.24) is 9.88 Å². The fraction of sp³-hybridized carbons (Fsp3) is 0.368. The van der Waals surface area contributed by atoms with Gasteiger partial charge in [-0.3, -0.25) is 0 Å². The van der Waals surface area contributed by atoms with Gasteiger partial charge < -0.3 is 15.3 Å². The van der Waals surface area contributed by atoms with Crippen molar-refractivity contribution in [2.45, 2.75) is 25.3 Å². The van der Waals surface area contributed by atoms with Crippen LogP contribution in [0.3, 0.4) is 0 Å². The van der Waals surface area contributed by atoms with Crippen molar-refractivity contribution < 1.29 is 9.90 Å². The van der Waals surface area contributed by atoms with Crippen LogP contribution in [0.25, 0.3) is 21.0 Å². The molecule has 6 heteroatoms. The maximum Gasteiger partial charge on any atom is 0.335 e. The van der Waals surface area contributed by atoms with E-state index in [0.29, 0.717) is 6.04 Å². The molecule has 0 aliphatic carbocycles. The predicted octanol–water partition coefficient (Wildman–Crippen LogP) is 4.04. The average Bonchev–Trinajstić information content (AvgIpc) is 3.10. The van der Waals surface area contributed by atoms with Gasteiger partial charge in [0.25, 0.3) is 0 Å². The quantitative estimate of drug-likeness (QED) is 0.739. The SMILES string of the molecule is CN1CCCCC1CNc1nc2cc(C(=O)O)ccc2c2sccc12. The summed E-state index contributed by atoms with van der Waals surface area (Å²) in [6.45, 7) is 2.01. The van der Waals surface area contributed by atoms with Gasteiger partial charge in [0.05, 0.1) is 11.1 Å². The first-order chi connectivity index (χ1) is 12.1. The number of likely N-dealkylation sites (N-methyl/N-ethyl adjacent to an activating group) is 1. The Bertz CT molecular complexity index is 937. The number of carboxylic acids is 1. The number of pyridine rings is 1. The van der Waals surface area contributed by atoms with Crippen LogP contribution in [0.15, 0.2) is 29.6 Å². The molecule has 3 heterocycles. The van der Waals surface area contributed by atoms with E-state index in [1.807, 2.05) is 6.07 Å². The lowest BCUT2D eigenvalue weighted by molar-refractivity contribution is 0.0697. The Labute approximate surface area is 150 Å². The average molecular weight is 355 g/mol. The van der Waals surface area contributed by atoms with Crippen molar-refractivity contribution in [2.75, 3.05) is 25.5 Å². The second kappa shape index (κ2) is 6.61. The van der Waals surface area contributed by atoms with E-state index in [-0.39, 0.29) is 5.56 Å². The van der Waals surface area contributed by atoms with Gasteiger partial charge in [0.1, 0.15) is 5.82 Å². The highest BCUT2D eigenvalue weighted by molar-refractivity contribution is 7.18. The molecule has 2 aromatic heterocycles. The number of piperidine rings is 1. The summed E-state index contributed by atoms with van der Waals surface area (Å²) >= 11 is 1.67. The van der Waals surface area contributed by atoms with Crippen LogP contribution >= 0.6 is 11.3 Å². The molecule has 1 aromatic carbocycles. The Balaban J connectivity index is 1.71.